The summed E-state index contributed by atoms with van der Waals surface area (Å²) >= 11 is 12.3. The highest BCUT2D eigenvalue weighted by Gasteiger charge is 2.20. The molecule has 0 saturated carbocycles. The second-order valence-electron chi connectivity index (χ2n) is 6.61. The fourth-order valence-corrected chi connectivity index (χ4v) is 3.29. The van der Waals surface area contributed by atoms with Crippen molar-refractivity contribution in [1.29, 1.82) is 5.26 Å². The van der Waals surface area contributed by atoms with Crippen LogP contribution in [-0.2, 0) is 0 Å². The van der Waals surface area contributed by atoms with E-state index in [4.69, 9.17) is 33.2 Å². The minimum absolute atomic E-state index is 0.122. The lowest BCUT2D eigenvalue weighted by atomic mass is 10.1. The van der Waals surface area contributed by atoms with E-state index >= 15 is 0 Å². The van der Waals surface area contributed by atoms with Crippen LogP contribution in [0.3, 0.4) is 0 Å². The normalized spacial score (nSPS) is 10.2. The van der Waals surface area contributed by atoms with Crippen molar-refractivity contribution < 1.29 is 18.7 Å². The van der Waals surface area contributed by atoms with Gasteiger partial charge in [0, 0.05) is 18.0 Å². The number of anilines is 1. The van der Waals surface area contributed by atoms with Gasteiger partial charge in [-0.15, -0.1) is 0 Å². The Morgan fingerprint density at radius 3 is 2.56 bits per heavy atom. The fourth-order valence-electron chi connectivity index (χ4n) is 2.75. The van der Waals surface area contributed by atoms with Crippen LogP contribution in [0.1, 0.15) is 27.0 Å². The Morgan fingerprint density at radius 2 is 1.94 bits per heavy atom. The van der Waals surface area contributed by atoms with Gasteiger partial charge in [0.25, 0.3) is 5.91 Å². The maximum Gasteiger partial charge on any atom is 0.326 e. The molecule has 0 saturated heterocycles. The minimum Gasteiger partial charge on any atom is -0.437 e. The van der Waals surface area contributed by atoms with Crippen molar-refractivity contribution in [3.63, 3.8) is 0 Å². The number of halogens is 3. The molecule has 3 amide bonds. The first kappa shape index (κ1) is 23.0. The number of ether oxygens (including phenoxy) is 1. The van der Waals surface area contributed by atoms with E-state index in [0.29, 0.717) is 28.1 Å². The van der Waals surface area contributed by atoms with Gasteiger partial charge in [-0.3, -0.25) is 10.1 Å². The molecule has 0 fully saturated rings. The van der Waals surface area contributed by atoms with E-state index in [9.17, 15) is 14.0 Å². The number of rotatable bonds is 4. The Labute approximate surface area is 192 Å². The third-order valence-electron chi connectivity index (χ3n) is 4.39. The molecule has 1 aromatic heterocycles. The maximum atomic E-state index is 13.9. The molecule has 10 heteroatoms. The second kappa shape index (κ2) is 9.64. The molecule has 0 aliphatic carbocycles. The number of nitriles is 1. The van der Waals surface area contributed by atoms with Crippen molar-refractivity contribution in [1.82, 2.24) is 10.3 Å². The number of hydrogen-bond donors (Lipinski definition) is 2. The van der Waals surface area contributed by atoms with Gasteiger partial charge in [0.05, 0.1) is 21.2 Å². The number of nitrogens with one attached hydrogen (secondary N) is 2. The van der Waals surface area contributed by atoms with E-state index in [2.05, 4.69) is 10.3 Å². The third kappa shape index (κ3) is 4.97. The Balaban J connectivity index is 1.78. The van der Waals surface area contributed by atoms with E-state index in [0.717, 1.165) is 6.07 Å². The summed E-state index contributed by atoms with van der Waals surface area (Å²) in [6, 6.07) is 9.50. The van der Waals surface area contributed by atoms with Crippen molar-refractivity contribution >= 4 is 40.8 Å². The SMILES string of the molecule is Cc1cc(NC(=O)NC(=O)c2c(F)cccc2Cl)c(C)c(Cl)c1Oc1ccc(C#N)cn1. The fraction of sp³-hybridized carbons (Fsp3) is 0.0909. The molecule has 0 aliphatic heterocycles. The number of carbonyl (C=O) groups is 2. The highest BCUT2D eigenvalue weighted by molar-refractivity contribution is 6.34. The first-order chi connectivity index (χ1) is 15.2. The molecule has 0 unspecified atom stereocenters. The second-order valence-corrected chi connectivity index (χ2v) is 7.40. The standard InChI is InChI=1S/C22H15Cl2FN4O3/c1-11-8-16(28-22(31)29-21(30)18-14(23)4-3-5-15(18)25)12(2)19(24)20(11)32-17-7-6-13(9-26)10-27-17/h3-8,10H,1-2H3,(H2,28,29,30,31). The lowest BCUT2D eigenvalue weighted by Gasteiger charge is -2.16. The number of aryl methyl sites for hydroxylation is 1. The number of urea groups is 1. The first-order valence-electron chi connectivity index (χ1n) is 9.11. The smallest absolute Gasteiger partial charge is 0.326 e. The Morgan fingerprint density at radius 1 is 1.19 bits per heavy atom. The molecule has 0 spiro atoms. The average molecular weight is 473 g/mol. The van der Waals surface area contributed by atoms with Crippen molar-refractivity contribution in [2.24, 2.45) is 0 Å². The number of nitrogens with zero attached hydrogens (tertiary/aromatic N) is 2. The predicted octanol–water partition coefficient (Wildman–Crippen LogP) is 5.77. The number of aromatic nitrogens is 1. The number of imide groups is 1. The summed E-state index contributed by atoms with van der Waals surface area (Å²) in [5.41, 5.74) is 1.30. The van der Waals surface area contributed by atoms with Crippen LogP contribution in [0.2, 0.25) is 10.0 Å². The molecule has 3 aromatic rings. The summed E-state index contributed by atoms with van der Waals surface area (Å²) in [6.45, 7) is 3.35. The van der Waals surface area contributed by atoms with Crippen molar-refractivity contribution in [3.05, 3.63) is 80.7 Å². The molecule has 32 heavy (non-hydrogen) atoms. The van der Waals surface area contributed by atoms with E-state index in [1.807, 2.05) is 11.4 Å². The molecular formula is C22H15Cl2FN4O3. The van der Waals surface area contributed by atoms with E-state index in [-0.39, 0.29) is 15.9 Å². The molecule has 0 aliphatic rings. The van der Waals surface area contributed by atoms with Crippen LogP contribution >= 0.6 is 23.2 Å². The first-order valence-corrected chi connectivity index (χ1v) is 9.87. The van der Waals surface area contributed by atoms with Gasteiger partial charge < -0.3 is 10.1 Å². The summed E-state index contributed by atoms with van der Waals surface area (Å²) in [7, 11) is 0. The number of amides is 3. The van der Waals surface area contributed by atoms with Gasteiger partial charge in [0.1, 0.15) is 11.9 Å². The third-order valence-corrected chi connectivity index (χ3v) is 5.16. The average Bonchev–Trinajstić information content (AvgIpc) is 2.75. The zero-order valence-corrected chi connectivity index (χ0v) is 18.3. The number of carbonyl (C=O) groups excluding carboxylic acids is 2. The zero-order valence-electron chi connectivity index (χ0n) is 16.8. The van der Waals surface area contributed by atoms with Crippen molar-refractivity contribution in [2.45, 2.75) is 13.8 Å². The van der Waals surface area contributed by atoms with E-state index in [1.165, 1.54) is 24.4 Å². The van der Waals surface area contributed by atoms with Gasteiger partial charge in [-0.05, 0) is 49.2 Å². The lowest BCUT2D eigenvalue weighted by molar-refractivity contribution is 0.0963. The lowest BCUT2D eigenvalue weighted by Crippen LogP contribution is -2.35. The van der Waals surface area contributed by atoms with Crippen LogP contribution < -0.4 is 15.4 Å². The van der Waals surface area contributed by atoms with Crippen molar-refractivity contribution in [3.8, 4) is 17.7 Å². The van der Waals surface area contributed by atoms with Crippen LogP contribution in [0.5, 0.6) is 11.6 Å². The monoisotopic (exact) mass is 472 g/mol. The van der Waals surface area contributed by atoms with Gasteiger partial charge in [0.15, 0.2) is 5.75 Å². The highest BCUT2D eigenvalue weighted by atomic mass is 35.5. The van der Waals surface area contributed by atoms with Gasteiger partial charge in [-0.1, -0.05) is 29.3 Å². The molecule has 2 N–H and O–H groups in total. The summed E-state index contributed by atoms with van der Waals surface area (Å²) in [4.78, 5) is 28.6. The van der Waals surface area contributed by atoms with Crippen LogP contribution in [0.4, 0.5) is 14.9 Å². The number of hydrogen-bond acceptors (Lipinski definition) is 5. The number of benzene rings is 2. The largest absolute Gasteiger partial charge is 0.437 e. The van der Waals surface area contributed by atoms with Crippen LogP contribution in [-0.4, -0.2) is 16.9 Å². The highest BCUT2D eigenvalue weighted by Crippen LogP contribution is 2.38. The Hall–Kier alpha value is -3.67. The van der Waals surface area contributed by atoms with Gasteiger partial charge >= 0.3 is 6.03 Å². The van der Waals surface area contributed by atoms with Crippen LogP contribution in [0, 0.1) is 31.0 Å². The van der Waals surface area contributed by atoms with Gasteiger partial charge in [-0.25, -0.2) is 14.2 Å². The molecule has 0 atom stereocenters. The Bertz CT molecular complexity index is 1240. The molecule has 3 rings (SSSR count). The molecule has 162 valence electrons. The molecular weight excluding hydrogens is 458 g/mol. The number of pyridine rings is 1. The summed E-state index contributed by atoms with van der Waals surface area (Å²) in [5.74, 6) is -1.28. The van der Waals surface area contributed by atoms with Crippen LogP contribution in [0.25, 0.3) is 0 Å². The topological polar surface area (TPSA) is 104 Å². The van der Waals surface area contributed by atoms with E-state index in [1.54, 1.807) is 26.0 Å². The quantitative estimate of drug-likeness (QED) is 0.501. The predicted molar refractivity (Wildman–Crippen MR) is 118 cm³/mol. The van der Waals surface area contributed by atoms with Crippen LogP contribution in [0.15, 0.2) is 42.6 Å². The summed E-state index contributed by atoms with van der Waals surface area (Å²) in [5, 5.41) is 13.5. The molecule has 0 radical (unpaired) electrons. The molecule has 0 bridgehead atoms. The molecule has 1 heterocycles. The maximum absolute atomic E-state index is 13.9. The van der Waals surface area contributed by atoms with Gasteiger partial charge in [0.2, 0.25) is 5.88 Å². The summed E-state index contributed by atoms with van der Waals surface area (Å²) < 4.78 is 19.6. The van der Waals surface area contributed by atoms with Gasteiger partial charge in [-0.2, -0.15) is 5.26 Å². The Kier molecular flexibility index (Phi) is 6.93. The zero-order chi connectivity index (χ0) is 23.4. The molecule has 2 aromatic carbocycles. The summed E-state index contributed by atoms with van der Waals surface area (Å²) in [6.07, 6.45) is 1.37. The van der Waals surface area contributed by atoms with Crippen molar-refractivity contribution in [2.75, 3.05) is 5.32 Å². The molecule has 7 nitrogen and oxygen atoms in total. The van der Waals surface area contributed by atoms with E-state index < -0.39 is 23.3 Å². The minimum atomic E-state index is -0.988.